The number of benzene rings is 1. The first-order chi connectivity index (χ1) is 7.43. The Labute approximate surface area is 102 Å². The molecule has 0 saturated carbocycles. The summed E-state index contributed by atoms with van der Waals surface area (Å²) >= 11 is 5.87. The van der Waals surface area contributed by atoms with Crippen molar-refractivity contribution in [3.8, 4) is 0 Å². The average molecular weight is 240 g/mol. The first-order valence-electron chi connectivity index (χ1n) is 5.47. The highest BCUT2D eigenvalue weighted by Gasteiger charge is 2.22. The third kappa shape index (κ3) is 2.99. The number of nitrogens with zero attached hydrogens (tertiary/aromatic N) is 1. The summed E-state index contributed by atoms with van der Waals surface area (Å²) in [7, 11) is 0. The van der Waals surface area contributed by atoms with Crippen LogP contribution in [0, 0.1) is 6.92 Å². The van der Waals surface area contributed by atoms with Gasteiger partial charge in [-0.3, -0.25) is 4.79 Å². The van der Waals surface area contributed by atoms with Gasteiger partial charge in [-0.15, -0.1) is 11.6 Å². The summed E-state index contributed by atoms with van der Waals surface area (Å²) in [5.41, 5.74) is 2.05. The second-order valence-corrected chi connectivity index (χ2v) is 4.91. The van der Waals surface area contributed by atoms with Crippen LogP contribution in [0.3, 0.4) is 0 Å². The van der Waals surface area contributed by atoms with Crippen molar-refractivity contribution in [2.24, 2.45) is 0 Å². The fourth-order valence-corrected chi connectivity index (χ4v) is 1.75. The fraction of sp³-hybridized carbons (Fsp3) is 0.462. The molecule has 0 aliphatic carbocycles. The molecule has 3 heteroatoms. The van der Waals surface area contributed by atoms with Crippen molar-refractivity contribution >= 4 is 23.2 Å². The molecule has 0 aliphatic rings. The van der Waals surface area contributed by atoms with Crippen LogP contribution >= 0.6 is 11.6 Å². The molecule has 2 nitrogen and oxygen atoms in total. The van der Waals surface area contributed by atoms with Gasteiger partial charge in [-0.1, -0.05) is 12.1 Å². The van der Waals surface area contributed by atoms with Gasteiger partial charge in [0.2, 0.25) is 5.91 Å². The summed E-state index contributed by atoms with van der Waals surface area (Å²) in [5.74, 6) is -0.0535. The van der Waals surface area contributed by atoms with Gasteiger partial charge in [-0.05, 0) is 45.4 Å². The maximum absolute atomic E-state index is 12.0. The van der Waals surface area contributed by atoms with E-state index >= 15 is 0 Å². The Hall–Kier alpha value is -1.02. The van der Waals surface area contributed by atoms with Crippen molar-refractivity contribution < 1.29 is 4.79 Å². The van der Waals surface area contributed by atoms with Gasteiger partial charge < -0.3 is 4.90 Å². The van der Waals surface area contributed by atoms with E-state index in [1.165, 1.54) is 0 Å². The third-order valence-corrected chi connectivity index (χ3v) is 2.56. The van der Waals surface area contributed by atoms with E-state index < -0.39 is 5.38 Å². The van der Waals surface area contributed by atoms with Crippen LogP contribution in [0.1, 0.15) is 26.3 Å². The lowest BCUT2D eigenvalue weighted by atomic mass is 10.1. The van der Waals surface area contributed by atoms with Crippen molar-refractivity contribution in [2.75, 3.05) is 4.90 Å². The number of rotatable bonds is 3. The van der Waals surface area contributed by atoms with Crippen LogP contribution in [0.2, 0.25) is 0 Å². The van der Waals surface area contributed by atoms with Gasteiger partial charge in [0.15, 0.2) is 0 Å². The number of carbonyl (C=O) groups excluding carboxylic acids is 1. The molecule has 88 valence electrons. The Kier molecular flexibility index (Phi) is 4.36. The van der Waals surface area contributed by atoms with Gasteiger partial charge in [0.25, 0.3) is 0 Å². The largest absolute Gasteiger partial charge is 0.309 e. The predicted molar refractivity (Wildman–Crippen MR) is 69.1 cm³/mol. The van der Waals surface area contributed by atoms with Gasteiger partial charge in [-0.2, -0.15) is 0 Å². The lowest BCUT2D eigenvalue weighted by Gasteiger charge is -2.28. The second-order valence-electron chi connectivity index (χ2n) is 4.26. The summed E-state index contributed by atoms with van der Waals surface area (Å²) < 4.78 is 0. The quantitative estimate of drug-likeness (QED) is 0.741. The molecule has 0 fully saturated rings. The van der Waals surface area contributed by atoms with E-state index in [1.807, 2.05) is 45.0 Å². The number of halogens is 1. The molecular weight excluding hydrogens is 222 g/mol. The van der Waals surface area contributed by atoms with Gasteiger partial charge in [-0.25, -0.2) is 0 Å². The van der Waals surface area contributed by atoms with Crippen molar-refractivity contribution in [3.05, 3.63) is 29.8 Å². The fourth-order valence-electron chi connectivity index (χ4n) is 1.65. The van der Waals surface area contributed by atoms with Crippen molar-refractivity contribution in [1.82, 2.24) is 0 Å². The van der Waals surface area contributed by atoms with E-state index in [9.17, 15) is 4.79 Å². The third-order valence-electron chi connectivity index (χ3n) is 2.37. The smallest absolute Gasteiger partial charge is 0.244 e. The van der Waals surface area contributed by atoms with Crippen LogP contribution in [0.25, 0.3) is 0 Å². The van der Waals surface area contributed by atoms with Crippen LogP contribution in [-0.4, -0.2) is 17.3 Å². The maximum Gasteiger partial charge on any atom is 0.244 e. The minimum absolute atomic E-state index is 0.0535. The molecule has 0 aromatic heterocycles. The predicted octanol–water partition coefficient (Wildman–Crippen LogP) is 3.36. The molecular formula is C13H18ClNO. The molecule has 0 radical (unpaired) electrons. The molecule has 0 N–H and O–H groups in total. The normalized spacial score (nSPS) is 12.6. The first-order valence-corrected chi connectivity index (χ1v) is 5.91. The topological polar surface area (TPSA) is 20.3 Å². The molecule has 1 aromatic carbocycles. The van der Waals surface area contributed by atoms with Gasteiger partial charge >= 0.3 is 0 Å². The summed E-state index contributed by atoms with van der Waals surface area (Å²) in [6, 6.07) is 8.00. The molecule has 1 atom stereocenters. The van der Waals surface area contributed by atoms with Crippen molar-refractivity contribution in [2.45, 2.75) is 39.1 Å². The number of amides is 1. The Morgan fingerprint density at radius 1 is 1.31 bits per heavy atom. The van der Waals surface area contributed by atoms with Gasteiger partial charge in [0.05, 0.1) is 0 Å². The highest BCUT2D eigenvalue weighted by Crippen LogP contribution is 2.20. The molecule has 0 spiro atoms. The van der Waals surface area contributed by atoms with E-state index in [2.05, 4.69) is 0 Å². The van der Waals surface area contributed by atoms with E-state index in [-0.39, 0.29) is 11.9 Å². The highest BCUT2D eigenvalue weighted by molar-refractivity contribution is 6.32. The van der Waals surface area contributed by atoms with Crippen molar-refractivity contribution in [1.29, 1.82) is 0 Å². The molecule has 0 aliphatic heterocycles. The Bertz CT molecular complexity index is 374. The average Bonchev–Trinajstić information content (AvgIpc) is 2.17. The Balaban J connectivity index is 3.08. The zero-order valence-electron chi connectivity index (χ0n) is 10.2. The molecule has 0 saturated heterocycles. The molecule has 1 rings (SSSR count). The maximum atomic E-state index is 12.0. The minimum atomic E-state index is -0.497. The van der Waals surface area contributed by atoms with E-state index in [4.69, 9.17) is 11.6 Å². The molecule has 1 amide bonds. The zero-order chi connectivity index (χ0) is 12.3. The first kappa shape index (κ1) is 13.0. The lowest BCUT2D eigenvalue weighted by Crippen LogP contribution is -2.40. The van der Waals surface area contributed by atoms with E-state index in [0.29, 0.717) is 0 Å². The summed E-state index contributed by atoms with van der Waals surface area (Å²) in [6.07, 6.45) is 0. The number of anilines is 1. The number of hydrogen-bond donors (Lipinski definition) is 0. The van der Waals surface area contributed by atoms with Crippen LogP contribution in [0.4, 0.5) is 5.69 Å². The zero-order valence-corrected chi connectivity index (χ0v) is 11.0. The standard InChI is InChI=1S/C13H18ClNO/c1-9(2)15(13(16)11(4)14)12-7-5-6-10(3)8-12/h5-9,11H,1-4H3. The SMILES string of the molecule is Cc1cccc(N(C(=O)C(C)Cl)C(C)C)c1. The number of hydrogen-bond acceptors (Lipinski definition) is 1. The van der Waals surface area contributed by atoms with Crippen LogP contribution < -0.4 is 4.90 Å². The van der Waals surface area contributed by atoms with E-state index in [0.717, 1.165) is 11.3 Å². The number of aryl methyl sites for hydroxylation is 1. The second kappa shape index (κ2) is 5.35. The number of carbonyl (C=O) groups is 1. The summed E-state index contributed by atoms with van der Waals surface area (Å²) in [5, 5.41) is -0.497. The molecule has 0 bridgehead atoms. The molecule has 1 aromatic rings. The van der Waals surface area contributed by atoms with Crippen LogP contribution in [-0.2, 0) is 4.79 Å². The molecule has 16 heavy (non-hydrogen) atoms. The monoisotopic (exact) mass is 239 g/mol. The van der Waals surface area contributed by atoms with Crippen molar-refractivity contribution in [3.63, 3.8) is 0 Å². The van der Waals surface area contributed by atoms with E-state index in [1.54, 1.807) is 11.8 Å². The Morgan fingerprint density at radius 2 is 1.94 bits per heavy atom. The number of alkyl halides is 1. The minimum Gasteiger partial charge on any atom is -0.309 e. The van der Waals surface area contributed by atoms with Gasteiger partial charge in [0, 0.05) is 11.7 Å². The summed E-state index contributed by atoms with van der Waals surface area (Å²) in [6.45, 7) is 7.69. The Morgan fingerprint density at radius 3 is 2.38 bits per heavy atom. The molecule has 1 unspecified atom stereocenters. The van der Waals surface area contributed by atoms with Gasteiger partial charge in [0.1, 0.15) is 5.38 Å². The molecule has 0 heterocycles. The van der Waals surface area contributed by atoms with Crippen LogP contribution in [0.15, 0.2) is 24.3 Å². The lowest BCUT2D eigenvalue weighted by molar-refractivity contribution is -0.118. The van der Waals surface area contributed by atoms with Crippen LogP contribution in [0.5, 0.6) is 0 Å². The highest BCUT2D eigenvalue weighted by atomic mass is 35.5. The summed E-state index contributed by atoms with van der Waals surface area (Å²) in [4.78, 5) is 13.7.